The minimum atomic E-state index is -3.97. The zero-order valence-corrected chi connectivity index (χ0v) is 18.8. The van der Waals surface area contributed by atoms with Crippen molar-refractivity contribution in [1.82, 2.24) is 9.62 Å². The Hall–Kier alpha value is -2.33. The van der Waals surface area contributed by atoms with Crippen LogP contribution < -0.4 is 14.2 Å². The van der Waals surface area contributed by atoms with E-state index in [-0.39, 0.29) is 16.8 Å². The molecule has 0 spiro atoms. The zero-order valence-electron chi connectivity index (χ0n) is 18.0. The van der Waals surface area contributed by atoms with Gasteiger partial charge in [-0.05, 0) is 44.7 Å². The maximum absolute atomic E-state index is 12.7. The minimum absolute atomic E-state index is 0.0484. The van der Waals surface area contributed by atoms with Crippen molar-refractivity contribution in [2.24, 2.45) is 0 Å². The van der Waals surface area contributed by atoms with E-state index in [1.165, 1.54) is 25.1 Å². The van der Waals surface area contributed by atoms with E-state index in [1.807, 2.05) is 6.92 Å². The highest BCUT2D eigenvalue weighted by molar-refractivity contribution is 7.89. The van der Waals surface area contributed by atoms with Crippen molar-refractivity contribution in [1.29, 1.82) is 0 Å². The van der Waals surface area contributed by atoms with E-state index in [2.05, 4.69) is 4.72 Å². The molecule has 10 heteroatoms. The van der Waals surface area contributed by atoms with Crippen molar-refractivity contribution in [2.45, 2.75) is 63.0 Å². The first-order valence-electron chi connectivity index (χ1n) is 10.7. The molecule has 172 valence electrons. The molecule has 2 atom stereocenters. The first kappa shape index (κ1) is 23.3. The van der Waals surface area contributed by atoms with Crippen LogP contribution in [0, 0.1) is 0 Å². The van der Waals surface area contributed by atoms with Gasteiger partial charge in [-0.2, -0.15) is 4.72 Å². The van der Waals surface area contributed by atoms with Gasteiger partial charge >= 0.3 is 5.97 Å². The topological polar surface area (TPSA) is 111 Å². The molecule has 9 nitrogen and oxygen atoms in total. The van der Waals surface area contributed by atoms with Crippen LogP contribution in [0.4, 0.5) is 0 Å². The van der Waals surface area contributed by atoms with Crippen molar-refractivity contribution in [3.63, 3.8) is 0 Å². The molecule has 3 rings (SSSR count). The molecular weight excluding hydrogens is 424 g/mol. The van der Waals surface area contributed by atoms with Crippen molar-refractivity contribution in [2.75, 3.05) is 26.3 Å². The van der Waals surface area contributed by atoms with Gasteiger partial charge in [-0.15, -0.1) is 0 Å². The van der Waals surface area contributed by atoms with E-state index in [9.17, 15) is 18.0 Å². The highest BCUT2D eigenvalue weighted by Crippen LogP contribution is 2.31. The van der Waals surface area contributed by atoms with Crippen LogP contribution in [0.2, 0.25) is 0 Å². The first-order chi connectivity index (χ1) is 14.8. The molecule has 2 aliphatic heterocycles. The molecule has 1 saturated heterocycles. The summed E-state index contributed by atoms with van der Waals surface area (Å²) in [5.41, 5.74) is 0. The van der Waals surface area contributed by atoms with Crippen LogP contribution in [0.25, 0.3) is 0 Å². The first-order valence-corrected chi connectivity index (χ1v) is 12.2. The number of sulfonamides is 1. The highest BCUT2D eigenvalue weighted by Gasteiger charge is 2.30. The second-order valence-corrected chi connectivity index (χ2v) is 9.47. The number of carbonyl (C=O) groups is 2. The van der Waals surface area contributed by atoms with Gasteiger partial charge in [0.05, 0.1) is 18.1 Å². The number of hydrogen-bond acceptors (Lipinski definition) is 7. The van der Waals surface area contributed by atoms with Crippen LogP contribution in [-0.4, -0.2) is 63.6 Å². The normalized spacial score (nSPS) is 19.9. The van der Waals surface area contributed by atoms with Crippen molar-refractivity contribution >= 4 is 21.9 Å². The van der Waals surface area contributed by atoms with Gasteiger partial charge in [-0.25, -0.2) is 8.42 Å². The molecule has 1 aromatic carbocycles. The largest absolute Gasteiger partial charge is 0.490 e. The van der Waals surface area contributed by atoms with Crippen molar-refractivity contribution < 1.29 is 32.2 Å². The summed E-state index contributed by atoms with van der Waals surface area (Å²) in [6.45, 7) is 4.54. The van der Waals surface area contributed by atoms with Gasteiger partial charge < -0.3 is 19.1 Å². The van der Waals surface area contributed by atoms with E-state index in [0.29, 0.717) is 37.7 Å². The lowest BCUT2D eigenvalue weighted by molar-refractivity contribution is -0.160. The molecule has 0 aliphatic carbocycles. The Morgan fingerprint density at radius 2 is 1.94 bits per heavy atom. The number of benzene rings is 1. The molecule has 0 aromatic heterocycles. The molecule has 1 fully saturated rings. The van der Waals surface area contributed by atoms with Crippen LogP contribution in [0.5, 0.6) is 11.5 Å². The summed E-state index contributed by atoms with van der Waals surface area (Å²) in [5, 5.41) is 0. The number of hydrogen-bond donors (Lipinski definition) is 1. The number of ether oxygens (including phenoxy) is 3. The molecule has 2 heterocycles. The lowest BCUT2D eigenvalue weighted by Gasteiger charge is -2.36. The van der Waals surface area contributed by atoms with E-state index >= 15 is 0 Å². The van der Waals surface area contributed by atoms with Gasteiger partial charge in [0.2, 0.25) is 10.0 Å². The fraction of sp³-hybridized carbons (Fsp3) is 0.619. The predicted molar refractivity (Wildman–Crippen MR) is 112 cm³/mol. The number of rotatable bonds is 7. The molecule has 2 aliphatic rings. The molecule has 2 unspecified atom stereocenters. The lowest BCUT2D eigenvalue weighted by Crippen LogP contribution is -2.48. The van der Waals surface area contributed by atoms with Gasteiger partial charge in [0.1, 0.15) is 6.54 Å². The van der Waals surface area contributed by atoms with E-state index in [0.717, 1.165) is 25.7 Å². The van der Waals surface area contributed by atoms with Crippen LogP contribution in [0.3, 0.4) is 0 Å². The van der Waals surface area contributed by atoms with Gasteiger partial charge in [-0.3, -0.25) is 9.59 Å². The lowest BCUT2D eigenvalue weighted by atomic mass is 9.99. The second-order valence-electron chi connectivity index (χ2n) is 7.71. The monoisotopic (exact) mass is 454 g/mol. The Labute approximate surface area is 183 Å². The smallest absolute Gasteiger partial charge is 0.321 e. The average molecular weight is 455 g/mol. The SMILES string of the molecule is CCC1CCCCN1C(=O)C(C)OC(=O)CNS(=O)(=O)c1ccc2c(c1)OCCCO2. The summed E-state index contributed by atoms with van der Waals surface area (Å²) in [6, 6.07) is 4.42. The summed E-state index contributed by atoms with van der Waals surface area (Å²) in [5.74, 6) is -0.241. The Balaban J connectivity index is 1.56. The maximum Gasteiger partial charge on any atom is 0.321 e. The Bertz CT molecular complexity index is 903. The van der Waals surface area contributed by atoms with Gasteiger partial charge in [0, 0.05) is 25.1 Å². The summed E-state index contributed by atoms with van der Waals surface area (Å²) in [7, 11) is -3.97. The summed E-state index contributed by atoms with van der Waals surface area (Å²) in [4.78, 5) is 26.6. The predicted octanol–water partition coefficient (Wildman–Crippen LogP) is 1.85. The summed E-state index contributed by atoms with van der Waals surface area (Å²) >= 11 is 0. The van der Waals surface area contributed by atoms with Crippen molar-refractivity contribution in [3.05, 3.63) is 18.2 Å². The van der Waals surface area contributed by atoms with Crippen LogP contribution in [0.15, 0.2) is 23.1 Å². The van der Waals surface area contributed by atoms with Gasteiger partial charge in [0.25, 0.3) is 5.91 Å². The second kappa shape index (κ2) is 10.3. The Kier molecular flexibility index (Phi) is 7.77. The third kappa shape index (κ3) is 5.88. The van der Waals surface area contributed by atoms with E-state index < -0.39 is 28.6 Å². The van der Waals surface area contributed by atoms with Gasteiger partial charge in [-0.1, -0.05) is 6.92 Å². The number of nitrogens with one attached hydrogen (secondary N) is 1. The number of amides is 1. The molecule has 0 bridgehead atoms. The molecular formula is C21H30N2O7S. The maximum atomic E-state index is 12.7. The number of carbonyl (C=O) groups excluding carboxylic acids is 2. The Morgan fingerprint density at radius 3 is 2.68 bits per heavy atom. The highest BCUT2D eigenvalue weighted by atomic mass is 32.2. The summed E-state index contributed by atoms with van der Waals surface area (Å²) < 4.78 is 43.6. The number of likely N-dealkylation sites (tertiary alicyclic amines) is 1. The fourth-order valence-electron chi connectivity index (χ4n) is 3.79. The third-order valence-electron chi connectivity index (χ3n) is 5.47. The van der Waals surface area contributed by atoms with Crippen LogP contribution in [-0.2, 0) is 24.3 Å². The minimum Gasteiger partial charge on any atom is -0.490 e. The molecule has 0 radical (unpaired) electrons. The number of fused-ring (bicyclic) bond motifs is 1. The average Bonchev–Trinajstić information content (AvgIpc) is 3.02. The molecule has 1 N–H and O–H groups in total. The molecule has 31 heavy (non-hydrogen) atoms. The van der Waals surface area contributed by atoms with Crippen LogP contribution >= 0.6 is 0 Å². The standard InChI is InChI=1S/C21H30N2O7S/c1-3-16-7-4-5-10-23(16)21(25)15(2)30-20(24)14-22-31(26,27)17-8-9-18-19(13-17)29-12-6-11-28-18/h8-9,13,15-16,22H,3-7,10-12,14H2,1-2H3. The van der Waals surface area contributed by atoms with E-state index in [1.54, 1.807) is 4.90 Å². The van der Waals surface area contributed by atoms with Crippen molar-refractivity contribution in [3.8, 4) is 11.5 Å². The third-order valence-corrected chi connectivity index (χ3v) is 6.87. The number of nitrogens with zero attached hydrogens (tertiary/aromatic N) is 1. The summed E-state index contributed by atoms with van der Waals surface area (Å²) in [6.07, 6.45) is 3.53. The van der Waals surface area contributed by atoms with Crippen LogP contribution in [0.1, 0.15) is 46.0 Å². The number of esters is 1. The fourth-order valence-corrected chi connectivity index (χ4v) is 4.77. The van der Waals surface area contributed by atoms with Gasteiger partial charge in [0.15, 0.2) is 17.6 Å². The quantitative estimate of drug-likeness (QED) is 0.626. The zero-order chi connectivity index (χ0) is 22.4. The number of piperidine rings is 1. The van der Waals surface area contributed by atoms with E-state index in [4.69, 9.17) is 14.2 Å². The molecule has 0 saturated carbocycles. The molecule has 1 aromatic rings. The molecule has 1 amide bonds. The Morgan fingerprint density at radius 1 is 1.19 bits per heavy atom.